The minimum atomic E-state index is -5.69. The van der Waals surface area contributed by atoms with Crippen molar-refractivity contribution >= 4 is 25.7 Å². The summed E-state index contributed by atoms with van der Waals surface area (Å²) >= 11 is 0. The van der Waals surface area contributed by atoms with Crippen molar-refractivity contribution in [3.63, 3.8) is 0 Å². The van der Waals surface area contributed by atoms with Crippen molar-refractivity contribution in [2.24, 2.45) is 0 Å². The van der Waals surface area contributed by atoms with E-state index in [9.17, 15) is 74.9 Å². The number of rotatable bonds is 60. The molecule has 2 aliphatic heterocycles. The second-order valence-electron chi connectivity index (χ2n) is 27.7. The number of aliphatic hydroxyl groups excluding tert-OH is 10. The summed E-state index contributed by atoms with van der Waals surface area (Å²) in [7, 11) is -5.69. The van der Waals surface area contributed by atoms with E-state index in [0.29, 0.717) is 19.3 Å². The Bertz CT molecular complexity index is 2080. The Morgan fingerprint density at radius 1 is 0.388 bits per heavy atom. The first-order chi connectivity index (χ1) is 47.3. The third-order valence-corrected chi connectivity index (χ3v) is 20.0. The largest absolute Gasteiger partial charge is 0.472 e. The smallest absolute Gasteiger partial charge is 0.463 e. The van der Waals surface area contributed by atoms with Gasteiger partial charge in [0.05, 0.1) is 13.2 Å². The van der Waals surface area contributed by atoms with Gasteiger partial charge in [0, 0.05) is 19.3 Å². The lowest BCUT2D eigenvalue weighted by molar-refractivity contribution is -0.360. The van der Waals surface area contributed by atoms with E-state index in [2.05, 4.69) is 32.9 Å². The van der Waals surface area contributed by atoms with Crippen molar-refractivity contribution in [1.82, 2.24) is 0 Å². The Hall–Kier alpha value is -2.30. The molecule has 0 bridgehead atoms. The van der Waals surface area contributed by atoms with Gasteiger partial charge in [0.25, 0.3) is 0 Å². The van der Waals surface area contributed by atoms with Crippen LogP contribution in [-0.4, -0.2) is 204 Å². The molecule has 576 valence electrons. The fourth-order valence-electron chi connectivity index (χ4n) is 12.8. The second kappa shape index (κ2) is 55.2. The van der Waals surface area contributed by atoms with Crippen molar-refractivity contribution in [2.45, 2.75) is 407 Å². The normalized spacial score (nSPS) is 27.7. The summed E-state index contributed by atoms with van der Waals surface area (Å²) in [5, 5.41) is 110. The molecule has 0 aromatic carbocycles. The fraction of sp³-hybridized carbons (Fsp3) is 0.932. The molecule has 2 saturated heterocycles. The van der Waals surface area contributed by atoms with Crippen molar-refractivity contribution in [3.05, 3.63) is 12.2 Å². The van der Waals surface area contributed by atoms with E-state index in [1.807, 2.05) is 0 Å². The summed E-state index contributed by atoms with van der Waals surface area (Å²) in [6, 6.07) is 0. The van der Waals surface area contributed by atoms with Gasteiger partial charge in [-0.25, -0.2) is 4.57 Å². The predicted molar refractivity (Wildman–Crippen MR) is 370 cm³/mol. The lowest BCUT2D eigenvalue weighted by atomic mass is 9.84. The zero-order valence-corrected chi connectivity index (χ0v) is 61.0. The van der Waals surface area contributed by atoms with E-state index >= 15 is 0 Å². The Morgan fingerprint density at radius 2 is 0.714 bits per heavy atom. The van der Waals surface area contributed by atoms with Gasteiger partial charge in [0.15, 0.2) is 18.7 Å². The Labute approximate surface area is 586 Å². The average molecular weight is 1430 g/mol. The number of phosphoric ester groups is 1. The summed E-state index contributed by atoms with van der Waals surface area (Å²) in [6.07, 6.45) is 14.1. The van der Waals surface area contributed by atoms with Gasteiger partial charge in [0.1, 0.15) is 98.7 Å². The number of esters is 3. The SMILES string of the molecule is CCCCCC/C=C\CCCCCCCCCC(=O)OCC1OC(OC2C(O)C(O)C(O)C(OC3OC(CO)C(O)C(O)C3O)C2OP(=O)(O)OCC(COC(=O)CCCCCCCCCCCCCCC)OC(=O)CCCCCCCCCCCCCCCCC)C(O)C(O)C1O. The number of hydrogen-bond acceptors (Lipinski definition) is 23. The number of aliphatic hydroxyl groups is 10. The first kappa shape index (κ1) is 89.9. The molecule has 1 saturated carbocycles. The summed E-state index contributed by atoms with van der Waals surface area (Å²) in [5.74, 6) is -1.98. The van der Waals surface area contributed by atoms with Gasteiger partial charge in [-0.3, -0.25) is 23.4 Å². The highest BCUT2D eigenvalue weighted by molar-refractivity contribution is 7.47. The second-order valence-corrected chi connectivity index (χ2v) is 29.1. The number of ether oxygens (including phenoxy) is 7. The van der Waals surface area contributed by atoms with E-state index in [-0.39, 0.29) is 19.3 Å². The zero-order chi connectivity index (χ0) is 71.8. The summed E-state index contributed by atoms with van der Waals surface area (Å²) in [5.41, 5.74) is 0. The van der Waals surface area contributed by atoms with Crippen LogP contribution in [0.5, 0.6) is 0 Å². The molecule has 0 aromatic rings. The monoisotopic (exact) mass is 1430 g/mol. The topological polar surface area (TPSA) is 374 Å². The maximum Gasteiger partial charge on any atom is 0.472 e. The number of unbranched alkanes of at least 4 members (excludes halogenated alkanes) is 37. The third kappa shape index (κ3) is 37.9. The third-order valence-electron chi connectivity index (χ3n) is 19.0. The summed E-state index contributed by atoms with van der Waals surface area (Å²) in [6.45, 7) is 3.45. The average Bonchev–Trinajstić information content (AvgIpc) is 0.761. The maximum absolute atomic E-state index is 14.3. The molecule has 0 amide bonds. The Morgan fingerprint density at radius 3 is 1.11 bits per heavy atom. The molecular formula is C73H135O24P. The first-order valence-corrected chi connectivity index (χ1v) is 40.0. The van der Waals surface area contributed by atoms with Crippen LogP contribution in [0.15, 0.2) is 12.2 Å². The first-order valence-electron chi connectivity index (χ1n) is 38.5. The van der Waals surface area contributed by atoms with Crippen molar-refractivity contribution in [2.75, 3.05) is 26.4 Å². The predicted octanol–water partition coefficient (Wildman–Crippen LogP) is 10.7. The highest BCUT2D eigenvalue weighted by Crippen LogP contribution is 2.49. The number of hydrogen-bond donors (Lipinski definition) is 11. The van der Waals surface area contributed by atoms with Crippen LogP contribution >= 0.6 is 7.82 Å². The molecule has 3 fully saturated rings. The van der Waals surface area contributed by atoms with Crippen LogP contribution in [0.4, 0.5) is 0 Å². The molecule has 1 aliphatic carbocycles. The van der Waals surface area contributed by atoms with Crippen LogP contribution in [0.1, 0.15) is 303 Å². The fourth-order valence-corrected chi connectivity index (χ4v) is 13.7. The van der Waals surface area contributed by atoms with E-state index in [0.717, 1.165) is 109 Å². The molecule has 3 aliphatic rings. The van der Waals surface area contributed by atoms with Gasteiger partial charge in [0.2, 0.25) is 0 Å². The lowest BCUT2D eigenvalue weighted by Gasteiger charge is -2.49. The molecule has 3 rings (SSSR count). The van der Waals surface area contributed by atoms with Crippen LogP contribution in [-0.2, 0) is 61.2 Å². The van der Waals surface area contributed by atoms with Gasteiger partial charge in [-0.2, -0.15) is 0 Å². The Balaban J connectivity index is 1.72. The molecule has 0 radical (unpaired) electrons. The molecule has 18 atom stereocenters. The molecule has 11 N–H and O–H groups in total. The van der Waals surface area contributed by atoms with Crippen LogP contribution in [0.2, 0.25) is 0 Å². The van der Waals surface area contributed by atoms with Gasteiger partial charge in [-0.15, -0.1) is 0 Å². The van der Waals surface area contributed by atoms with Crippen LogP contribution in [0, 0.1) is 0 Å². The maximum atomic E-state index is 14.3. The molecule has 2 heterocycles. The van der Waals surface area contributed by atoms with E-state index in [4.69, 9.17) is 42.2 Å². The van der Waals surface area contributed by atoms with Gasteiger partial charge in [-0.05, 0) is 44.9 Å². The van der Waals surface area contributed by atoms with Crippen molar-refractivity contribution < 1.29 is 117 Å². The minimum Gasteiger partial charge on any atom is -0.463 e. The molecule has 24 nitrogen and oxygen atoms in total. The zero-order valence-electron chi connectivity index (χ0n) is 60.1. The van der Waals surface area contributed by atoms with Gasteiger partial charge < -0.3 is 89.1 Å². The number of carbonyl (C=O) groups excluding carboxylic acids is 3. The van der Waals surface area contributed by atoms with Crippen LogP contribution in [0.25, 0.3) is 0 Å². The number of phosphoric acid groups is 1. The van der Waals surface area contributed by atoms with Crippen LogP contribution in [0.3, 0.4) is 0 Å². The van der Waals surface area contributed by atoms with E-state index in [1.54, 1.807) is 0 Å². The molecule has 0 aromatic heterocycles. The highest BCUT2D eigenvalue weighted by Gasteiger charge is 2.58. The van der Waals surface area contributed by atoms with Gasteiger partial charge >= 0.3 is 25.7 Å². The molecular weight excluding hydrogens is 1290 g/mol. The molecule has 18 unspecified atom stereocenters. The summed E-state index contributed by atoms with van der Waals surface area (Å²) in [4.78, 5) is 51.0. The molecule has 98 heavy (non-hydrogen) atoms. The standard InChI is InChI=1S/C73H135O24P/c1-4-7-10-13-16-19-22-25-27-30-33-36-39-42-45-48-58(76)90-53-56-61(79)63(81)68(86)73(94-56)96-70-66(84)64(82)65(83)69(95-72-67(85)62(80)60(78)55(50-74)93-72)71(70)97-98(87,88)91-52-54(51-89-57(75)47-44-41-38-35-32-29-24-21-18-15-12-9-6-3)92-59(77)49-46-43-40-37-34-31-28-26-23-20-17-14-11-8-5-2/h19,22,54-56,60-74,78-86H,4-18,20-21,23-53H2,1-3H3,(H,87,88)/b22-19-. The Kier molecular flexibility index (Phi) is 50.7. The minimum absolute atomic E-state index is 0.0248. The lowest BCUT2D eigenvalue weighted by Crippen LogP contribution is -2.69. The van der Waals surface area contributed by atoms with E-state index < -0.39 is 156 Å². The van der Waals surface area contributed by atoms with Crippen molar-refractivity contribution in [1.29, 1.82) is 0 Å². The quantitative estimate of drug-likeness (QED) is 0.00886. The van der Waals surface area contributed by atoms with Gasteiger partial charge in [-0.1, -0.05) is 251 Å². The van der Waals surface area contributed by atoms with Crippen LogP contribution < -0.4 is 0 Å². The van der Waals surface area contributed by atoms with E-state index in [1.165, 1.54) is 135 Å². The van der Waals surface area contributed by atoms with Crippen molar-refractivity contribution in [3.8, 4) is 0 Å². The highest BCUT2D eigenvalue weighted by atomic mass is 31.2. The summed E-state index contributed by atoms with van der Waals surface area (Å²) < 4.78 is 65.1. The number of allylic oxidation sites excluding steroid dienone is 2. The molecule has 0 spiro atoms. The molecule has 25 heteroatoms. The number of carbonyl (C=O) groups is 3.